The fraction of sp³-hybridized carbons (Fsp3) is 0.0556. The van der Waals surface area contributed by atoms with Crippen LogP contribution in [-0.2, 0) is 4.74 Å². The molecule has 1 heterocycles. The van der Waals surface area contributed by atoms with Gasteiger partial charge in [-0.05, 0) is 24.3 Å². The minimum atomic E-state index is -0.633. The van der Waals surface area contributed by atoms with Crippen LogP contribution >= 0.6 is 11.6 Å². The lowest BCUT2D eigenvalue weighted by Crippen LogP contribution is -2.15. The van der Waals surface area contributed by atoms with Crippen LogP contribution in [0.5, 0.6) is 0 Å². The van der Waals surface area contributed by atoms with E-state index in [1.165, 1.54) is 6.07 Å². The summed E-state index contributed by atoms with van der Waals surface area (Å²) in [6, 6.07) is 17.3. The minimum Gasteiger partial charge on any atom is -0.453 e. The number of nitrogens with zero attached hydrogens (tertiary/aromatic N) is 1. The fourth-order valence-corrected chi connectivity index (χ4v) is 2.32. The van der Waals surface area contributed by atoms with E-state index in [1.54, 1.807) is 30.3 Å². The van der Waals surface area contributed by atoms with Gasteiger partial charge in [-0.25, -0.2) is 9.78 Å². The first-order valence-electron chi connectivity index (χ1n) is 6.95. The van der Waals surface area contributed by atoms with Crippen LogP contribution in [0.4, 0.5) is 0 Å². The van der Waals surface area contributed by atoms with Gasteiger partial charge in [-0.15, -0.1) is 0 Å². The standard InChI is InChI=1S/C18H12ClNO3/c19-14-6-3-5-13(10-14)17(21)11-23-18(22)16-9-8-12-4-1-2-7-15(12)20-16/h1-10H,11H2. The first-order valence-corrected chi connectivity index (χ1v) is 7.33. The van der Waals surface area contributed by atoms with E-state index < -0.39 is 5.97 Å². The van der Waals surface area contributed by atoms with Gasteiger partial charge < -0.3 is 4.74 Å². The summed E-state index contributed by atoms with van der Waals surface area (Å²) in [7, 11) is 0. The van der Waals surface area contributed by atoms with Gasteiger partial charge in [0.05, 0.1) is 5.52 Å². The van der Waals surface area contributed by atoms with Crippen LogP contribution < -0.4 is 0 Å². The molecule has 0 fully saturated rings. The monoisotopic (exact) mass is 325 g/mol. The third-order valence-corrected chi connectivity index (χ3v) is 3.52. The molecule has 2 aromatic carbocycles. The lowest BCUT2D eigenvalue weighted by molar-refractivity contribution is 0.0469. The van der Waals surface area contributed by atoms with Crippen LogP contribution in [0, 0.1) is 0 Å². The fourth-order valence-electron chi connectivity index (χ4n) is 2.13. The Kier molecular flexibility index (Phi) is 4.35. The Hall–Kier alpha value is -2.72. The van der Waals surface area contributed by atoms with E-state index in [0.717, 1.165) is 5.39 Å². The van der Waals surface area contributed by atoms with Crippen LogP contribution in [0.1, 0.15) is 20.8 Å². The topological polar surface area (TPSA) is 56.3 Å². The number of rotatable bonds is 4. The molecule has 4 nitrogen and oxygen atoms in total. The van der Waals surface area contributed by atoms with Gasteiger partial charge in [-0.1, -0.05) is 48.0 Å². The molecule has 114 valence electrons. The van der Waals surface area contributed by atoms with Crippen molar-refractivity contribution in [3.05, 3.63) is 76.9 Å². The van der Waals surface area contributed by atoms with E-state index in [1.807, 2.05) is 24.3 Å². The lowest BCUT2D eigenvalue weighted by atomic mass is 10.1. The highest BCUT2D eigenvalue weighted by atomic mass is 35.5. The van der Waals surface area contributed by atoms with Gasteiger partial charge >= 0.3 is 5.97 Å². The quantitative estimate of drug-likeness (QED) is 0.539. The summed E-state index contributed by atoms with van der Waals surface area (Å²) in [4.78, 5) is 28.2. The summed E-state index contributed by atoms with van der Waals surface area (Å²) in [5.74, 6) is -0.951. The molecular weight excluding hydrogens is 314 g/mol. The molecule has 23 heavy (non-hydrogen) atoms. The van der Waals surface area contributed by atoms with Crippen molar-refractivity contribution in [3.8, 4) is 0 Å². The van der Waals surface area contributed by atoms with Gasteiger partial charge in [-0.2, -0.15) is 0 Å². The van der Waals surface area contributed by atoms with Crippen LogP contribution in [0.15, 0.2) is 60.7 Å². The van der Waals surface area contributed by atoms with E-state index in [-0.39, 0.29) is 18.1 Å². The highest BCUT2D eigenvalue weighted by Gasteiger charge is 2.13. The molecule has 3 aromatic rings. The van der Waals surface area contributed by atoms with Crippen molar-refractivity contribution in [3.63, 3.8) is 0 Å². The number of benzene rings is 2. The summed E-state index contributed by atoms with van der Waals surface area (Å²) in [6.45, 7) is -0.353. The van der Waals surface area contributed by atoms with Gasteiger partial charge in [0.25, 0.3) is 0 Å². The van der Waals surface area contributed by atoms with Crippen molar-refractivity contribution < 1.29 is 14.3 Å². The number of carbonyl (C=O) groups is 2. The van der Waals surface area contributed by atoms with Crippen LogP contribution in [-0.4, -0.2) is 23.3 Å². The van der Waals surface area contributed by atoms with E-state index in [9.17, 15) is 9.59 Å². The number of Topliss-reactive ketones (excluding diaryl/α,β-unsaturated/α-hetero) is 1. The Bertz CT molecular complexity index is 892. The summed E-state index contributed by atoms with van der Waals surface area (Å²) in [5.41, 5.74) is 1.27. The second kappa shape index (κ2) is 6.58. The molecule has 0 saturated heterocycles. The van der Waals surface area contributed by atoms with Crippen molar-refractivity contribution in [1.29, 1.82) is 0 Å². The number of hydrogen-bond acceptors (Lipinski definition) is 4. The van der Waals surface area contributed by atoms with E-state index >= 15 is 0 Å². The maximum atomic E-state index is 12.0. The Morgan fingerprint density at radius 1 is 1.00 bits per heavy atom. The van der Waals surface area contributed by atoms with Crippen LogP contribution in [0.25, 0.3) is 10.9 Å². The number of ether oxygens (including phenoxy) is 1. The normalized spacial score (nSPS) is 10.5. The number of pyridine rings is 1. The lowest BCUT2D eigenvalue weighted by Gasteiger charge is -2.05. The minimum absolute atomic E-state index is 0.169. The SMILES string of the molecule is O=C(COC(=O)c1ccc2ccccc2n1)c1cccc(Cl)c1. The smallest absolute Gasteiger partial charge is 0.357 e. The molecule has 0 aliphatic rings. The van der Waals surface area contributed by atoms with Gasteiger partial charge in [0.1, 0.15) is 5.69 Å². The number of ketones is 1. The second-order valence-corrected chi connectivity index (χ2v) is 5.34. The zero-order chi connectivity index (χ0) is 16.2. The molecule has 0 unspecified atom stereocenters. The van der Waals surface area contributed by atoms with Crippen LogP contribution in [0.3, 0.4) is 0 Å². The van der Waals surface area contributed by atoms with Gasteiger partial charge in [-0.3, -0.25) is 4.79 Å². The summed E-state index contributed by atoms with van der Waals surface area (Å²) >= 11 is 5.83. The summed E-state index contributed by atoms with van der Waals surface area (Å²) < 4.78 is 5.04. The Labute approximate surface area is 137 Å². The predicted molar refractivity (Wildman–Crippen MR) is 87.8 cm³/mol. The number of hydrogen-bond donors (Lipinski definition) is 0. The van der Waals surface area contributed by atoms with Gasteiger partial charge in [0.15, 0.2) is 12.4 Å². The third-order valence-electron chi connectivity index (χ3n) is 3.29. The molecule has 0 N–H and O–H groups in total. The largest absolute Gasteiger partial charge is 0.453 e. The van der Waals surface area contributed by atoms with Crippen molar-refractivity contribution in [2.24, 2.45) is 0 Å². The first kappa shape index (κ1) is 15.2. The van der Waals surface area contributed by atoms with Crippen molar-refractivity contribution in [1.82, 2.24) is 4.98 Å². The molecular formula is C18H12ClNO3. The molecule has 0 amide bonds. The average Bonchev–Trinajstić information content (AvgIpc) is 2.59. The molecule has 0 aliphatic heterocycles. The third kappa shape index (κ3) is 3.55. The molecule has 5 heteroatoms. The Balaban J connectivity index is 1.69. The highest BCUT2D eigenvalue weighted by molar-refractivity contribution is 6.31. The average molecular weight is 326 g/mol. The summed E-state index contributed by atoms with van der Waals surface area (Å²) in [5, 5.41) is 1.39. The van der Waals surface area contributed by atoms with Crippen LogP contribution in [0.2, 0.25) is 5.02 Å². The summed E-state index contributed by atoms with van der Waals surface area (Å²) in [6.07, 6.45) is 0. The molecule has 3 rings (SSSR count). The number of esters is 1. The Morgan fingerprint density at radius 3 is 2.65 bits per heavy atom. The van der Waals surface area contributed by atoms with E-state index in [2.05, 4.69) is 4.98 Å². The van der Waals surface area contributed by atoms with Gasteiger partial charge in [0, 0.05) is 16.0 Å². The molecule has 0 aliphatic carbocycles. The number of halogens is 1. The zero-order valence-electron chi connectivity index (χ0n) is 12.0. The first-order chi connectivity index (χ1) is 11.1. The second-order valence-electron chi connectivity index (χ2n) is 4.90. The van der Waals surface area contributed by atoms with E-state index in [4.69, 9.17) is 16.3 Å². The van der Waals surface area contributed by atoms with Crippen molar-refractivity contribution >= 4 is 34.3 Å². The number of para-hydroxylation sites is 1. The zero-order valence-corrected chi connectivity index (χ0v) is 12.8. The molecule has 0 saturated carbocycles. The molecule has 0 spiro atoms. The number of carbonyl (C=O) groups excluding carboxylic acids is 2. The Morgan fingerprint density at radius 2 is 1.83 bits per heavy atom. The molecule has 0 bridgehead atoms. The maximum absolute atomic E-state index is 12.0. The highest BCUT2D eigenvalue weighted by Crippen LogP contribution is 2.13. The predicted octanol–water partition coefficient (Wildman–Crippen LogP) is 3.93. The van der Waals surface area contributed by atoms with E-state index in [0.29, 0.717) is 16.1 Å². The van der Waals surface area contributed by atoms with Crippen molar-refractivity contribution in [2.75, 3.05) is 6.61 Å². The molecule has 0 radical (unpaired) electrons. The number of aromatic nitrogens is 1. The maximum Gasteiger partial charge on any atom is 0.357 e. The number of fused-ring (bicyclic) bond motifs is 1. The van der Waals surface area contributed by atoms with Gasteiger partial charge in [0.2, 0.25) is 0 Å². The molecule has 0 atom stereocenters. The molecule has 1 aromatic heterocycles. The van der Waals surface area contributed by atoms with Crippen molar-refractivity contribution in [2.45, 2.75) is 0 Å².